The molecule has 1 aromatic heterocycles. The molecule has 1 aliphatic rings. The lowest BCUT2D eigenvalue weighted by Gasteiger charge is -2.35. The maximum absolute atomic E-state index is 12.5. The van der Waals surface area contributed by atoms with Crippen molar-refractivity contribution >= 4 is 11.0 Å². The summed E-state index contributed by atoms with van der Waals surface area (Å²) in [6.45, 7) is -0.341. The highest BCUT2D eigenvalue weighted by Crippen LogP contribution is 2.41. The van der Waals surface area contributed by atoms with Gasteiger partial charge in [0.1, 0.15) is 52.3 Å². The Balaban J connectivity index is 1.82. The van der Waals surface area contributed by atoms with E-state index >= 15 is 0 Å². The van der Waals surface area contributed by atoms with Crippen LogP contribution >= 0.6 is 0 Å². The first-order chi connectivity index (χ1) is 14.7. The van der Waals surface area contributed by atoms with Crippen LogP contribution in [-0.4, -0.2) is 67.0 Å². The van der Waals surface area contributed by atoms with Gasteiger partial charge in [0, 0.05) is 24.3 Å². The van der Waals surface area contributed by atoms with Gasteiger partial charge in [0.25, 0.3) is 0 Å². The number of aliphatic hydroxyl groups is 3. The lowest BCUT2D eigenvalue weighted by molar-refractivity contribution is -0.241. The third kappa shape index (κ3) is 3.70. The smallest absolute Gasteiger partial charge is 0.228 e. The van der Waals surface area contributed by atoms with Gasteiger partial charge in [-0.3, -0.25) is 4.79 Å². The lowest BCUT2D eigenvalue weighted by atomic mass is 10.1. The molecule has 0 saturated carbocycles. The normalized spacial score (nSPS) is 23.7. The van der Waals surface area contributed by atoms with Crippen molar-refractivity contribution in [2.75, 3.05) is 6.61 Å². The fraction of sp³-hybridized carbons (Fsp3) is 0.250. The number of aromatic hydroxyl groups is 4. The molecule has 0 bridgehead atoms. The summed E-state index contributed by atoms with van der Waals surface area (Å²) in [5, 5.41) is 68.7. The van der Waals surface area contributed by atoms with E-state index in [-0.39, 0.29) is 40.4 Å². The van der Waals surface area contributed by atoms with Crippen LogP contribution < -0.4 is 10.2 Å². The maximum Gasteiger partial charge on any atom is 0.228 e. The van der Waals surface area contributed by atoms with Crippen LogP contribution in [-0.2, 0) is 4.74 Å². The van der Waals surface area contributed by atoms with Crippen LogP contribution in [0.4, 0.5) is 0 Å². The fourth-order valence-electron chi connectivity index (χ4n) is 3.24. The van der Waals surface area contributed by atoms with Crippen LogP contribution in [0, 0.1) is 0 Å². The molecule has 11 nitrogen and oxygen atoms in total. The highest BCUT2D eigenvalue weighted by atomic mass is 16.7. The van der Waals surface area contributed by atoms with Gasteiger partial charge in [0.2, 0.25) is 6.29 Å². The van der Waals surface area contributed by atoms with E-state index in [4.69, 9.17) is 13.9 Å². The van der Waals surface area contributed by atoms with Gasteiger partial charge < -0.3 is 49.6 Å². The van der Waals surface area contributed by atoms with Crippen molar-refractivity contribution in [3.8, 4) is 40.1 Å². The van der Waals surface area contributed by atoms with Crippen molar-refractivity contribution in [3.05, 3.63) is 40.6 Å². The zero-order valence-corrected chi connectivity index (χ0v) is 15.7. The minimum atomic E-state index is -1.65. The van der Waals surface area contributed by atoms with E-state index < -0.39 is 47.3 Å². The Morgan fingerprint density at radius 2 is 1.58 bits per heavy atom. The number of hydrogen-bond acceptors (Lipinski definition) is 11. The number of benzene rings is 2. The molecule has 0 unspecified atom stereocenters. The fourth-order valence-corrected chi connectivity index (χ4v) is 3.24. The molecule has 4 rings (SSSR count). The Morgan fingerprint density at radius 1 is 0.871 bits per heavy atom. The minimum absolute atomic E-state index is 0.0476. The summed E-state index contributed by atoms with van der Waals surface area (Å²) in [4.78, 5) is 12.5. The molecule has 0 aliphatic carbocycles. The zero-order valence-electron chi connectivity index (χ0n) is 15.7. The van der Waals surface area contributed by atoms with Crippen molar-refractivity contribution in [1.82, 2.24) is 0 Å². The Morgan fingerprint density at radius 3 is 2.32 bits per heavy atom. The van der Waals surface area contributed by atoms with E-state index in [2.05, 4.69) is 0 Å². The van der Waals surface area contributed by atoms with Crippen molar-refractivity contribution in [2.24, 2.45) is 0 Å². The summed E-state index contributed by atoms with van der Waals surface area (Å²) in [6, 6.07) is 5.07. The first-order valence-corrected chi connectivity index (χ1v) is 9.04. The van der Waals surface area contributed by atoms with Gasteiger partial charge in [-0.2, -0.15) is 0 Å². The third-order valence-corrected chi connectivity index (χ3v) is 4.83. The van der Waals surface area contributed by atoms with E-state index in [0.29, 0.717) is 0 Å². The van der Waals surface area contributed by atoms with Crippen molar-refractivity contribution < 1.29 is 49.6 Å². The van der Waals surface area contributed by atoms with Crippen LogP contribution in [0.25, 0.3) is 22.3 Å². The van der Waals surface area contributed by atoms with E-state index in [9.17, 15) is 40.5 Å². The van der Waals surface area contributed by atoms with Gasteiger partial charge in [-0.1, -0.05) is 0 Å². The van der Waals surface area contributed by atoms with Crippen LogP contribution in [0.2, 0.25) is 0 Å². The molecule has 31 heavy (non-hydrogen) atoms. The Hall–Kier alpha value is -3.51. The van der Waals surface area contributed by atoms with Crippen molar-refractivity contribution in [2.45, 2.75) is 24.6 Å². The van der Waals surface area contributed by atoms with Gasteiger partial charge in [-0.15, -0.1) is 0 Å². The molecule has 11 heteroatoms. The molecule has 1 fully saturated rings. The summed E-state index contributed by atoms with van der Waals surface area (Å²) in [5.41, 5.74) is -0.876. The molecule has 1 saturated heterocycles. The number of fused-ring (bicyclic) bond motifs is 1. The van der Waals surface area contributed by atoms with E-state index in [0.717, 1.165) is 30.3 Å². The molecular weight excluding hydrogens is 416 g/mol. The Bertz CT molecular complexity index is 1200. The Labute approximate surface area is 173 Å². The highest BCUT2D eigenvalue weighted by Gasteiger charge is 2.39. The molecule has 0 radical (unpaired) electrons. The van der Waals surface area contributed by atoms with Gasteiger partial charge in [-0.25, -0.2) is 0 Å². The minimum Gasteiger partial charge on any atom is -0.508 e. The largest absolute Gasteiger partial charge is 0.508 e. The molecule has 4 atom stereocenters. The molecule has 2 heterocycles. The average molecular weight is 434 g/mol. The second kappa shape index (κ2) is 7.63. The zero-order chi connectivity index (χ0) is 22.4. The maximum atomic E-state index is 12.5. The first-order valence-electron chi connectivity index (χ1n) is 9.04. The molecule has 0 amide bonds. The quantitative estimate of drug-likeness (QED) is 0.277. The highest BCUT2D eigenvalue weighted by molar-refractivity contribution is 5.86. The predicted molar refractivity (Wildman–Crippen MR) is 103 cm³/mol. The van der Waals surface area contributed by atoms with Gasteiger partial charge in [0.05, 0.1) is 12.2 Å². The Kier molecular flexibility index (Phi) is 5.11. The van der Waals surface area contributed by atoms with Gasteiger partial charge in [-0.05, 0) is 6.07 Å². The topological polar surface area (TPSA) is 190 Å². The number of phenols is 4. The van der Waals surface area contributed by atoms with E-state index in [1.165, 1.54) is 0 Å². The average Bonchev–Trinajstić information content (AvgIpc) is 2.70. The molecule has 7 N–H and O–H groups in total. The molecular formula is C20H18O11. The van der Waals surface area contributed by atoms with Crippen LogP contribution in [0.3, 0.4) is 0 Å². The van der Waals surface area contributed by atoms with Crippen molar-refractivity contribution in [3.63, 3.8) is 0 Å². The first kappa shape index (κ1) is 20.8. The number of rotatable bonds is 3. The molecule has 1 aliphatic heterocycles. The summed E-state index contributed by atoms with van der Waals surface area (Å²) in [5.74, 6) is -2.39. The lowest BCUT2D eigenvalue weighted by Crippen LogP contribution is -2.54. The number of ether oxygens (including phenoxy) is 2. The van der Waals surface area contributed by atoms with E-state index in [1.54, 1.807) is 0 Å². The van der Waals surface area contributed by atoms with Crippen LogP contribution in [0.1, 0.15) is 0 Å². The van der Waals surface area contributed by atoms with Gasteiger partial charge >= 0.3 is 0 Å². The number of aliphatic hydroxyl groups excluding tert-OH is 3. The second-order valence-corrected chi connectivity index (χ2v) is 7.02. The summed E-state index contributed by atoms with van der Waals surface area (Å²) in [7, 11) is 0. The molecule has 164 valence electrons. The number of hydrogen-bond donors (Lipinski definition) is 7. The predicted octanol–water partition coefficient (Wildman–Crippen LogP) is 0.100. The standard InChI is InChI=1S/C20H18O11/c21-7-1-11(24)17-12(25)5-14(30-16(17)2-7)8-3-9(22)10(23)4-15(8)31-20-19(28)18(27)13(26)6-29-20/h1-5,13,18-24,26-28H,6H2/t13-,18+,19-,20+/m1/s1. The molecule has 0 spiro atoms. The number of phenolic OH excluding ortho intramolecular Hbond substituents is 4. The van der Waals surface area contributed by atoms with Crippen molar-refractivity contribution in [1.29, 1.82) is 0 Å². The van der Waals surface area contributed by atoms with Crippen LogP contribution in [0.15, 0.2) is 39.5 Å². The van der Waals surface area contributed by atoms with Gasteiger partial charge in [0.15, 0.2) is 16.9 Å². The summed E-state index contributed by atoms with van der Waals surface area (Å²) in [6.07, 6.45) is -6.00. The molecule has 3 aromatic rings. The summed E-state index contributed by atoms with van der Waals surface area (Å²) < 4.78 is 16.3. The van der Waals surface area contributed by atoms with E-state index in [1.807, 2.05) is 0 Å². The third-order valence-electron chi connectivity index (χ3n) is 4.83. The summed E-state index contributed by atoms with van der Waals surface area (Å²) >= 11 is 0. The monoisotopic (exact) mass is 434 g/mol. The second-order valence-electron chi connectivity index (χ2n) is 7.02. The molecule has 2 aromatic carbocycles. The van der Waals surface area contributed by atoms with Crippen LogP contribution in [0.5, 0.6) is 28.7 Å². The SMILES string of the molecule is O=c1cc(-c2cc(O)c(O)cc2O[C@@H]2OC[C@@H](O)[C@H](O)[C@H]2O)oc2cc(O)cc(O)c12.